The number of furan rings is 1. The Morgan fingerprint density at radius 3 is 2.70 bits per heavy atom. The lowest BCUT2D eigenvalue weighted by molar-refractivity contribution is 0.0922. The van der Waals surface area contributed by atoms with Crippen molar-refractivity contribution in [2.24, 2.45) is 0 Å². The topological polar surface area (TPSA) is 64.4 Å². The number of rotatable bonds is 7. The van der Waals surface area contributed by atoms with Crippen LogP contribution in [0.2, 0.25) is 0 Å². The van der Waals surface area contributed by atoms with Crippen LogP contribution in [0.25, 0.3) is 10.2 Å². The molecule has 0 aliphatic carbocycles. The maximum Gasteiger partial charge on any atom is 0.287 e. The van der Waals surface area contributed by atoms with Gasteiger partial charge in [-0.25, -0.2) is 4.98 Å². The fourth-order valence-electron chi connectivity index (χ4n) is 2.65. The summed E-state index contributed by atoms with van der Waals surface area (Å²) in [6.07, 6.45) is 0.690. The zero-order chi connectivity index (χ0) is 18.5. The average molecular weight is 378 g/mol. The van der Waals surface area contributed by atoms with Gasteiger partial charge < -0.3 is 14.5 Å². The number of para-hydroxylation sites is 2. The summed E-state index contributed by atoms with van der Waals surface area (Å²) in [5.41, 5.74) is 0.998. The van der Waals surface area contributed by atoms with Crippen LogP contribution in [0.1, 0.15) is 21.3 Å². The Morgan fingerprint density at radius 2 is 1.85 bits per heavy atom. The molecule has 0 bridgehead atoms. The molecule has 0 aliphatic heterocycles. The van der Waals surface area contributed by atoms with E-state index < -0.39 is 0 Å². The third-order valence-electron chi connectivity index (χ3n) is 3.97. The number of hydrogen-bond donors (Lipinski definition) is 1. The number of benzene rings is 2. The Morgan fingerprint density at radius 1 is 1.04 bits per heavy atom. The Balaban J connectivity index is 1.27. The molecule has 27 heavy (non-hydrogen) atoms. The molecule has 0 aliphatic rings. The summed E-state index contributed by atoms with van der Waals surface area (Å²) in [5.74, 6) is 1.42. The predicted molar refractivity (Wildman–Crippen MR) is 105 cm³/mol. The number of hydrogen-bond acceptors (Lipinski definition) is 5. The van der Waals surface area contributed by atoms with Crippen LogP contribution in [0, 0.1) is 0 Å². The van der Waals surface area contributed by atoms with Gasteiger partial charge >= 0.3 is 0 Å². The minimum Gasteiger partial charge on any atom is -0.486 e. The highest BCUT2D eigenvalue weighted by atomic mass is 32.1. The summed E-state index contributed by atoms with van der Waals surface area (Å²) in [7, 11) is 0. The van der Waals surface area contributed by atoms with E-state index in [0.29, 0.717) is 18.7 Å². The van der Waals surface area contributed by atoms with Gasteiger partial charge in [-0.15, -0.1) is 11.3 Å². The summed E-state index contributed by atoms with van der Waals surface area (Å²) in [6, 6.07) is 20.9. The van der Waals surface area contributed by atoms with Gasteiger partial charge in [-0.05, 0) is 36.4 Å². The zero-order valence-electron chi connectivity index (χ0n) is 14.6. The van der Waals surface area contributed by atoms with E-state index in [1.807, 2.05) is 48.5 Å². The first-order valence-electron chi connectivity index (χ1n) is 8.67. The highest BCUT2D eigenvalue weighted by Gasteiger charge is 2.12. The average Bonchev–Trinajstić information content (AvgIpc) is 3.34. The van der Waals surface area contributed by atoms with Crippen molar-refractivity contribution >= 4 is 27.5 Å². The number of amides is 1. The van der Waals surface area contributed by atoms with Gasteiger partial charge in [-0.1, -0.05) is 30.3 Å². The van der Waals surface area contributed by atoms with Crippen LogP contribution in [0.5, 0.6) is 5.75 Å². The van der Waals surface area contributed by atoms with Crippen molar-refractivity contribution in [3.63, 3.8) is 0 Å². The molecule has 5 nitrogen and oxygen atoms in total. The van der Waals surface area contributed by atoms with Gasteiger partial charge in [-0.3, -0.25) is 4.79 Å². The minimum atomic E-state index is -0.234. The van der Waals surface area contributed by atoms with E-state index in [4.69, 9.17) is 9.15 Å². The Labute approximate surface area is 160 Å². The molecule has 2 aromatic heterocycles. The van der Waals surface area contributed by atoms with E-state index >= 15 is 0 Å². The van der Waals surface area contributed by atoms with Crippen LogP contribution in [-0.4, -0.2) is 17.4 Å². The van der Waals surface area contributed by atoms with Crippen LogP contribution < -0.4 is 10.1 Å². The standard InChI is InChI=1S/C21H18N2O3S/c24-21(22-13-12-20-23-17-8-4-5-9-19(17)27-20)18-11-10-16(26-18)14-25-15-6-2-1-3-7-15/h1-11H,12-14H2,(H,22,24). The largest absolute Gasteiger partial charge is 0.486 e. The highest BCUT2D eigenvalue weighted by molar-refractivity contribution is 7.18. The molecule has 1 amide bonds. The summed E-state index contributed by atoms with van der Waals surface area (Å²) in [6.45, 7) is 0.790. The van der Waals surface area contributed by atoms with Crippen LogP contribution >= 0.6 is 11.3 Å². The molecule has 2 aromatic carbocycles. The normalized spacial score (nSPS) is 10.8. The van der Waals surface area contributed by atoms with Crippen molar-refractivity contribution in [3.8, 4) is 5.75 Å². The maximum absolute atomic E-state index is 12.2. The molecule has 0 unspecified atom stereocenters. The molecular formula is C21H18N2O3S. The molecule has 0 saturated heterocycles. The van der Waals surface area contributed by atoms with Crippen molar-refractivity contribution in [2.45, 2.75) is 13.0 Å². The van der Waals surface area contributed by atoms with Crippen LogP contribution in [0.3, 0.4) is 0 Å². The fourth-order valence-corrected chi connectivity index (χ4v) is 3.61. The smallest absolute Gasteiger partial charge is 0.287 e. The number of thiazole rings is 1. The van der Waals surface area contributed by atoms with Crippen LogP contribution in [-0.2, 0) is 13.0 Å². The lowest BCUT2D eigenvalue weighted by Gasteiger charge is -2.03. The van der Waals surface area contributed by atoms with E-state index in [2.05, 4.69) is 16.4 Å². The van der Waals surface area contributed by atoms with Crippen molar-refractivity contribution < 1.29 is 13.9 Å². The number of aromatic nitrogens is 1. The molecule has 0 saturated carbocycles. The van der Waals surface area contributed by atoms with Gasteiger partial charge in [-0.2, -0.15) is 0 Å². The monoisotopic (exact) mass is 378 g/mol. The molecule has 0 radical (unpaired) electrons. The zero-order valence-corrected chi connectivity index (χ0v) is 15.4. The molecule has 0 spiro atoms. The number of ether oxygens (including phenoxy) is 1. The third kappa shape index (κ3) is 4.35. The fraction of sp³-hybridized carbons (Fsp3) is 0.143. The van der Waals surface area contributed by atoms with Gasteiger partial charge in [0.2, 0.25) is 0 Å². The first-order chi connectivity index (χ1) is 13.3. The molecule has 4 aromatic rings. The third-order valence-corrected chi connectivity index (χ3v) is 5.07. The summed E-state index contributed by atoms with van der Waals surface area (Å²) in [4.78, 5) is 16.8. The Hall–Kier alpha value is -3.12. The quantitative estimate of drug-likeness (QED) is 0.516. The Bertz CT molecular complexity index is 1010. The molecule has 0 fully saturated rings. The highest BCUT2D eigenvalue weighted by Crippen LogP contribution is 2.21. The van der Waals surface area contributed by atoms with Gasteiger partial charge in [0.25, 0.3) is 5.91 Å². The number of nitrogens with one attached hydrogen (secondary N) is 1. The second-order valence-corrected chi connectivity index (χ2v) is 7.06. The SMILES string of the molecule is O=C(NCCc1nc2ccccc2s1)c1ccc(COc2ccccc2)o1. The van der Waals surface area contributed by atoms with Crippen LogP contribution in [0.4, 0.5) is 0 Å². The number of carbonyl (C=O) groups is 1. The van der Waals surface area contributed by atoms with E-state index in [0.717, 1.165) is 21.0 Å². The Kier molecular flexibility index (Phi) is 5.16. The first-order valence-corrected chi connectivity index (χ1v) is 9.49. The molecule has 1 N–H and O–H groups in total. The van der Waals surface area contributed by atoms with Crippen molar-refractivity contribution in [3.05, 3.63) is 83.3 Å². The van der Waals surface area contributed by atoms with Gasteiger partial charge in [0.05, 0.1) is 15.2 Å². The maximum atomic E-state index is 12.2. The molecule has 6 heteroatoms. The van der Waals surface area contributed by atoms with E-state index in [9.17, 15) is 4.79 Å². The van der Waals surface area contributed by atoms with Crippen molar-refractivity contribution in [1.29, 1.82) is 0 Å². The number of fused-ring (bicyclic) bond motifs is 1. The van der Waals surface area contributed by atoms with Crippen molar-refractivity contribution in [2.75, 3.05) is 6.54 Å². The van der Waals surface area contributed by atoms with Crippen LogP contribution in [0.15, 0.2) is 71.1 Å². The summed E-state index contributed by atoms with van der Waals surface area (Å²) < 4.78 is 12.3. The van der Waals surface area contributed by atoms with Gasteiger partial charge in [0.15, 0.2) is 5.76 Å². The van der Waals surface area contributed by atoms with Gasteiger partial charge in [0.1, 0.15) is 18.1 Å². The van der Waals surface area contributed by atoms with E-state index in [1.165, 1.54) is 0 Å². The number of nitrogens with zero attached hydrogens (tertiary/aromatic N) is 1. The minimum absolute atomic E-state index is 0.234. The summed E-state index contributed by atoms with van der Waals surface area (Å²) in [5, 5.41) is 3.88. The molecule has 0 atom stereocenters. The lowest BCUT2D eigenvalue weighted by Crippen LogP contribution is -2.25. The van der Waals surface area contributed by atoms with E-state index in [1.54, 1.807) is 23.5 Å². The molecule has 4 rings (SSSR count). The van der Waals surface area contributed by atoms with Gasteiger partial charge in [0, 0.05) is 13.0 Å². The predicted octanol–water partition coefficient (Wildman–Crippen LogP) is 4.44. The second-order valence-electron chi connectivity index (χ2n) is 5.95. The molecular weight excluding hydrogens is 360 g/mol. The summed E-state index contributed by atoms with van der Waals surface area (Å²) >= 11 is 1.65. The van der Waals surface area contributed by atoms with E-state index in [-0.39, 0.29) is 18.3 Å². The first kappa shape index (κ1) is 17.3. The van der Waals surface area contributed by atoms with Crippen molar-refractivity contribution in [1.82, 2.24) is 10.3 Å². The second kappa shape index (κ2) is 8.05. The molecule has 136 valence electrons. The lowest BCUT2D eigenvalue weighted by atomic mass is 10.3. The molecule has 2 heterocycles. The number of carbonyl (C=O) groups excluding carboxylic acids is 1.